The van der Waals surface area contributed by atoms with Gasteiger partial charge in [0.1, 0.15) is 5.75 Å². The number of piperidine rings is 1. The van der Waals surface area contributed by atoms with Crippen LogP contribution in [0.5, 0.6) is 5.75 Å². The number of likely N-dealkylation sites (tertiary alicyclic amines) is 1. The summed E-state index contributed by atoms with van der Waals surface area (Å²) in [5.74, 6) is 1.17. The number of nitrogens with zero attached hydrogens (tertiary/aromatic N) is 2. The fourth-order valence-corrected chi connectivity index (χ4v) is 3.67. The molecule has 0 spiro atoms. The summed E-state index contributed by atoms with van der Waals surface area (Å²) in [6.45, 7) is 3.57. The van der Waals surface area contributed by atoms with Gasteiger partial charge in [-0.05, 0) is 50.1 Å². The molecule has 3 rings (SSSR count). The van der Waals surface area contributed by atoms with Crippen molar-refractivity contribution in [1.29, 1.82) is 0 Å². The third kappa shape index (κ3) is 4.07. The van der Waals surface area contributed by atoms with Gasteiger partial charge < -0.3 is 10.0 Å². The molecule has 5 nitrogen and oxygen atoms in total. The van der Waals surface area contributed by atoms with E-state index in [4.69, 9.17) is 0 Å². The second-order valence-corrected chi connectivity index (χ2v) is 6.99. The highest BCUT2D eigenvalue weighted by atomic mass is 32.2. The number of thioether (sulfide) groups is 1. The first-order chi connectivity index (χ1) is 11.1. The molecule has 1 amide bonds. The standard InChI is InChI=1S/C17H21N3O2S/c1-12-9-16(19-18-12)13-3-2-8-20(10-13)17(22)11-23-15-6-4-14(21)5-7-15/h4-7,9,13,21H,2-3,8,10-11H2,1H3,(H,18,19)/t13-/m0/s1. The lowest BCUT2D eigenvalue weighted by Crippen LogP contribution is -2.40. The van der Waals surface area contributed by atoms with E-state index in [1.165, 1.54) is 11.8 Å². The molecule has 1 aromatic heterocycles. The number of hydrogen-bond acceptors (Lipinski definition) is 4. The molecule has 1 aromatic carbocycles. The van der Waals surface area contributed by atoms with Crippen LogP contribution in [0, 0.1) is 6.92 Å². The number of aromatic amines is 1. The van der Waals surface area contributed by atoms with Crippen molar-refractivity contribution < 1.29 is 9.90 Å². The average Bonchev–Trinajstić information content (AvgIpc) is 3.01. The van der Waals surface area contributed by atoms with E-state index in [-0.39, 0.29) is 11.7 Å². The largest absolute Gasteiger partial charge is 0.508 e. The lowest BCUT2D eigenvalue weighted by atomic mass is 9.94. The average molecular weight is 331 g/mol. The molecule has 2 N–H and O–H groups in total. The number of phenolic OH excluding ortho intramolecular Hbond substituents is 1. The number of amides is 1. The number of benzene rings is 1. The van der Waals surface area contributed by atoms with Crippen molar-refractivity contribution in [3.63, 3.8) is 0 Å². The zero-order valence-electron chi connectivity index (χ0n) is 13.2. The van der Waals surface area contributed by atoms with Crippen LogP contribution in [0.25, 0.3) is 0 Å². The number of aromatic nitrogens is 2. The van der Waals surface area contributed by atoms with Crippen LogP contribution >= 0.6 is 11.8 Å². The Morgan fingerprint density at radius 3 is 2.91 bits per heavy atom. The molecule has 1 saturated heterocycles. The Kier molecular flexibility index (Phi) is 4.91. The molecule has 2 heterocycles. The molecule has 23 heavy (non-hydrogen) atoms. The van der Waals surface area contributed by atoms with Crippen LogP contribution in [-0.4, -0.2) is 45.0 Å². The van der Waals surface area contributed by atoms with Gasteiger partial charge in [0.2, 0.25) is 5.91 Å². The van der Waals surface area contributed by atoms with Crippen molar-refractivity contribution in [3.05, 3.63) is 41.7 Å². The molecule has 0 aliphatic carbocycles. The van der Waals surface area contributed by atoms with Gasteiger partial charge in [0.25, 0.3) is 0 Å². The van der Waals surface area contributed by atoms with Gasteiger partial charge in [0.15, 0.2) is 0 Å². The number of hydrogen-bond donors (Lipinski definition) is 2. The maximum atomic E-state index is 12.4. The molecule has 0 bridgehead atoms. The van der Waals surface area contributed by atoms with Crippen LogP contribution in [-0.2, 0) is 4.79 Å². The van der Waals surface area contributed by atoms with E-state index in [2.05, 4.69) is 16.3 Å². The minimum Gasteiger partial charge on any atom is -0.508 e. The molecule has 0 radical (unpaired) electrons. The van der Waals surface area contributed by atoms with Crippen LogP contribution in [0.1, 0.15) is 30.1 Å². The quantitative estimate of drug-likeness (QED) is 0.845. The van der Waals surface area contributed by atoms with Crippen molar-refractivity contribution in [1.82, 2.24) is 15.1 Å². The Morgan fingerprint density at radius 2 is 2.22 bits per heavy atom. The molecular weight excluding hydrogens is 310 g/mol. The van der Waals surface area contributed by atoms with Crippen LogP contribution in [0.4, 0.5) is 0 Å². The Hall–Kier alpha value is -1.95. The van der Waals surface area contributed by atoms with E-state index >= 15 is 0 Å². The van der Waals surface area contributed by atoms with Crippen LogP contribution in [0.3, 0.4) is 0 Å². The summed E-state index contributed by atoms with van der Waals surface area (Å²) in [6, 6.07) is 9.02. The first kappa shape index (κ1) is 15.9. The molecule has 0 saturated carbocycles. The van der Waals surface area contributed by atoms with Gasteiger partial charge in [-0.15, -0.1) is 11.8 Å². The van der Waals surface area contributed by atoms with Crippen molar-refractivity contribution in [3.8, 4) is 5.75 Å². The Bertz CT molecular complexity index is 669. The van der Waals surface area contributed by atoms with Gasteiger partial charge in [-0.25, -0.2) is 0 Å². The Balaban J connectivity index is 1.55. The van der Waals surface area contributed by atoms with E-state index in [1.807, 2.05) is 24.0 Å². The summed E-state index contributed by atoms with van der Waals surface area (Å²) in [4.78, 5) is 15.4. The summed E-state index contributed by atoms with van der Waals surface area (Å²) in [7, 11) is 0. The number of phenols is 1. The van der Waals surface area contributed by atoms with Gasteiger partial charge in [0.05, 0.1) is 11.4 Å². The maximum Gasteiger partial charge on any atom is 0.232 e. The number of rotatable bonds is 4. The third-order valence-corrected chi connectivity index (χ3v) is 5.11. The molecule has 1 aliphatic heterocycles. The number of nitrogens with one attached hydrogen (secondary N) is 1. The number of carbonyl (C=O) groups excluding carboxylic acids is 1. The summed E-state index contributed by atoms with van der Waals surface area (Å²) >= 11 is 1.51. The SMILES string of the molecule is Cc1cc([C@H]2CCCN(C(=O)CSc3ccc(O)cc3)C2)n[nH]1. The van der Waals surface area contributed by atoms with Gasteiger partial charge in [-0.1, -0.05) is 0 Å². The number of aromatic hydroxyl groups is 1. The van der Waals surface area contributed by atoms with Gasteiger partial charge in [-0.2, -0.15) is 5.10 Å². The number of aryl methyl sites for hydroxylation is 1. The lowest BCUT2D eigenvalue weighted by Gasteiger charge is -2.32. The minimum atomic E-state index is 0.167. The molecule has 6 heteroatoms. The van der Waals surface area contributed by atoms with E-state index in [0.717, 1.165) is 42.2 Å². The molecule has 1 aliphatic rings. The number of carbonyl (C=O) groups is 1. The fraction of sp³-hybridized carbons (Fsp3) is 0.412. The highest BCUT2D eigenvalue weighted by Crippen LogP contribution is 2.27. The zero-order valence-corrected chi connectivity index (χ0v) is 14.0. The first-order valence-electron chi connectivity index (χ1n) is 7.83. The fourth-order valence-electron chi connectivity index (χ4n) is 2.87. The monoisotopic (exact) mass is 331 g/mol. The molecule has 1 atom stereocenters. The third-order valence-electron chi connectivity index (χ3n) is 4.12. The topological polar surface area (TPSA) is 69.2 Å². The first-order valence-corrected chi connectivity index (χ1v) is 8.82. The Morgan fingerprint density at radius 1 is 1.43 bits per heavy atom. The van der Waals surface area contributed by atoms with Crippen molar-refractivity contribution in [2.24, 2.45) is 0 Å². The smallest absolute Gasteiger partial charge is 0.232 e. The van der Waals surface area contributed by atoms with Gasteiger partial charge in [0, 0.05) is 29.6 Å². The van der Waals surface area contributed by atoms with E-state index in [1.54, 1.807) is 12.1 Å². The zero-order chi connectivity index (χ0) is 16.2. The summed E-state index contributed by atoms with van der Waals surface area (Å²) in [5, 5.41) is 16.6. The van der Waals surface area contributed by atoms with Crippen LogP contribution in [0.15, 0.2) is 35.2 Å². The van der Waals surface area contributed by atoms with Crippen molar-refractivity contribution in [2.75, 3.05) is 18.8 Å². The molecule has 1 fully saturated rings. The highest BCUT2D eigenvalue weighted by Gasteiger charge is 2.26. The normalized spacial score (nSPS) is 18.1. The van der Waals surface area contributed by atoms with E-state index < -0.39 is 0 Å². The van der Waals surface area contributed by atoms with Gasteiger partial charge in [-0.3, -0.25) is 9.89 Å². The lowest BCUT2D eigenvalue weighted by molar-refractivity contribution is -0.129. The number of H-pyrrole nitrogens is 1. The predicted molar refractivity (Wildman–Crippen MR) is 90.7 cm³/mol. The minimum absolute atomic E-state index is 0.167. The molecule has 122 valence electrons. The maximum absolute atomic E-state index is 12.4. The summed E-state index contributed by atoms with van der Waals surface area (Å²) in [5.41, 5.74) is 2.12. The van der Waals surface area contributed by atoms with Gasteiger partial charge >= 0.3 is 0 Å². The molecular formula is C17H21N3O2S. The Labute approximate surface area is 140 Å². The van der Waals surface area contributed by atoms with E-state index in [0.29, 0.717) is 11.7 Å². The second kappa shape index (κ2) is 7.08. The van der Waals surface area contributed by atoms with Crippen LogP contribution < -0.4 is 0 Å². The van der Waals surface area contributed by atoms with E-state index in [9.17, 15) is 9.90 Å². The van der Waals surface area contributed by atoms with Crippen molar-refractivity contribution in [2.45, 2.75) is 30.6 Å². The summed E-state index contributed by atoms with van der Waals surface area (Å²) < 4.78 is 0. The molecule has 2 aromatic rings. The highest BCUT2D eigenvalue weighted by molar-refractivity contribution is 8.00. The predicted octanol–water partition coefficient (Wildman–Crippen LogP) is 2.92. The molecule has 0 unspecified atom stereocenters. The van der Waals surface area contributed by atoms with Crippen molar-refractivity contribution >= 4 is 17.7 Å². The van der Waals surface area contributed by atoms with Crippen LogP contribution in [0.2, 0.25) is 0 Å². The summed E-state index contributed by atoms with van der Waals surface area (Å²) in [6.07, 6.45) is 2.10. The second-order valence-electron chi connectivity index (χ2n) is 5.94.